The first kappa shape index (κ1) is 10.3. The van der Waals surface area contributed by atoms with Gasteiger partial charge in [-0.15, -0.1) is 0 Å². The van der Waals surface area contributed by atoms with Gasteiger partial charge in [-0.05, 0) is 37.2 Å². The molecule has 2 fully saturated rings. The molecule has 80 valence electrons. The average Bonchev–Trinajstić information content (AvgIpc) is 2.23. The highest BCUT2D eigenvalue weighted by molar-refractivity contribution is 7.99. The van der Waals surface area contributed by atoms with E-state index < -0.39 is 0 Å². The molecule has 0 aromatic heterocycles. The number of piperazine rings is 1. The second-order valence-corrected chi connectivity index (χ2v) is 5.37. The molecule has 0 aromatic rings. The molecule has 2 saturated heterocycles. The largest absolute Gasteiger partial charge is 0.353 e. The quantitative estimate of drug-likeness (QED) is 0.672. The van der Waals surface area contributed by atoms with Gasteiger partial charge >= 0.3 is 0 Å². The lowest BCUT2D eigenvalue weighted by Crippen LogP contribution is -2.60. The molecule has 14 heavy (non-hydrogen) atoms. The van der Waals surface area contributed by atoms with Gasteiger partial charge in [0.25, 0.3) is 0 Å². The van der Waals surface area contributed by atoms with Crippen LogP contribution in [-0.2, 0) is 4.79 Å². The van der Waals surface area contributed by atoms with Gasteiger partial charge in [0.2, 0.25) is 5.91 Å². The van der Waals surface area contributed by atoms with Gasteiger partial charge in [-0.3, -0.25) is 4.79 Å². The Hall–Kier alpha value is -0.220. The highest BCUT2D eigenvalue weighted by Gasteiger charge is 2.30. The number of thioether (sulfide) groups is 1. The minimum atomic E-state index is -0.0133. The SMILES string of the molecule is CC1NC(C2CCCSC2)CNC1=O. The molecule has 2 N–H and O–H groups in total. The van der Waals surface area contributed by atoms with Crippen molar-refractivity contribution in [1.29, 1.82) is 0 Å². The van der Waals surface area contributed by atoms with Crippen molar-refractivity contribution in [2.45, 2.75) is 31.8 Å². The summed E-state index contributed by atoms with van der Waals surface area (Å²) < 4.78 is 0. The number of amides is 1. The van der Waals surface area contributed by atoms with Gasteiger partial charge in [0.1, 0.15) is 0 Å². The molecular weight excluding hydrogens is 196 g/mol. The molecule has 2 aliphatic heterocycles. The second-order valence-electron chi connectivity index (χ2n) is 4.22. The summed E-state index contributed by atoms with van der Waals surface area (Å²) in [4.78, 5) is 11.2. The number of rotatable bonds is 1. The molecule has 0 saturated carbocycles. The third kappa shape index (κ3) is 2.23. The van der Waals surface area contributed by atoms with Crippen LogP contribution in [0.15, 0.2) is 0 Å². The summed E-state index contributed by atoms with van der Waals surface area (Å²) in [5.74, 6) is 3.45. The Morgan fingerprint density at radius 2 is 2.36 bits per heavy atom. The number of hydrogen-bond donors (Lipinski definition) is 2. The van der Waals surface area contributed by atoms with Crippen molar-refractivity contribution in [2.75, 3.05) is 18.1 Å². The first-order valence-electron chi connectivity index (χ1n) is 5.39. The molecule has 2 heterocycles. The fraction of sp³-hybridized carbons (Fsp3) is 0.900. The van der Waals surface area contributed by atoms with E-state index in [4.69, 9.17) is 0 Å². The van der Waals surface area contributed by atoms with Gasteiger partial charge in [0.15, 0.2) is 0 Å². The molecule has 0 aliphatic carbocycles. The van der Waals surface area contributed by atoms with E-state index in [0.29, 0.717) is 6.04 Å². The highest BCUT2D eigenvalue weighted by Crippen LogP contribution is 2.25. The van der Waals surface area contributed by atoms with Crippen molar-refractivity contribution in [1.82, 2.24) is 10.6 Å². The Kier molecular flexibility index (Phi) is 3.34. The van der Waals surface area contributed by atoms with Crippen LogP contribution in [0, 0.1) is 5.92 Å². The van der Waals surface area contributed by atoms with Crippen molar-refractivity contribution in [3.8, 4) is 0 Å². The van der Waals surface area contributed by atoms with Crippen molar-refractivity contribution < 1.29 is 4.79 Å². The Morgan fingerprint density at radius 3 is 3.00 bits per heavy atom. The third-order valence-electron chi connectivity index (χ3n) is 3.12. The summed E-state index contributed by atoms with van der Waals surface area (Å²) in [5.41, 5.74) is 0. The lowest BCUT2D eigenvalue weighted by molar-refractivity contribution is -0.124. The standard InChI is InChI=1S/C10H18N2OS/c1-7-10(13)11-5-9(12-7)8-3-2-4-14-6-8/h7-9,12H,2-6H2,1H3,(H,11,13). The van der Waals surface area contributed by atoms with Crippen LogP contribution in [0.2, 0.25) is 0 Å². The summed E-state index contributed by atoms with van der Waals surface area (Å²) in [6, 6.07) is 0.483. The van der Waals surface area contributed by atoms with Gasteiger partial charge in [-0.1, -0.05) is 0 Å². The molecule has 0 bridgehead atoms. The molecule has 0 aromatic carbocycles. The normalized spacial score (nSPS) is 39.2. The van der Waals surface area contributed by atoms with Gasteiger partial charge in [-0.25, -0.2) is 0 Å². The number of carbonyl (C=O) groups is 1. The zero-order chi connectivity index (χ0) is 9.97. The maximum absolute atomic E-state index is 11.2. The molecule has 3 atom stereocenters. The minimum Gasteiger partial charge on any atom is -0.353 e. The van der Waals surface area contributed by atoms with Gasteiger partial charge in [0, 0.05) is 12.6 Å². The number of nitrogens with one attached hydrogen (secondary N) is 2. The molecule has 1 amide bonds. The smallest absolute Gasteiger partial charge is 0.236 e. The van der Waals surface area contributed by atoms with E-state index in [-0.39, 0.29) is 11.9 Å². The molecule has 4 heteroatoms. The highest BCUT2D eigenvalue weighted by atomic mass is 32.2. The van der Waals surface area contributed by atoms with Crippen molar-refractivity contribution in [3.05, 3.63) is 0 Å². The lowest BCUT2D eigenvalue weighted by atomic mass is 9.94. The van der Waals surface area contributed by atoms with Crippen LogP contribution >= 0.6 is 11.8 Å². The molecule has 3 unspecified atom stereocenters. The van der Waals surface area contributed by atoms with Crippen LogP contribution in [0.4, 0.5) is 0 Å². The first-order valence-corrected chi connectivity index (χ1v) is 6.54. The minimum absolute atomic E-state index is 0.0133. The van der Waals surface area contributed by atoms with E-state index in [9.17, 15) is 4.79 Å². The van der Waals surface area contributed by atoms with Crippen LogP contribution in [0.5, 0.6) is 0 Å². The predicted molar refractivity (Wildman–Crippen MR) is 59.4 cm³/mol. The Balaban J connectivity index is 1.88. The first-order chi connectivity index (χ1) is 6.77. The average molecular weight is 214 g/mol. The van der Waals surface area contributed by atoms with Crippen molar-refractivity contribution >= 4 is 17.7 Å². The molecule has 2 aliphatic rings. The Bertz CT molecular complexity index is 216. The zero-order valence-corrected chi connectivity index (χ0v) is 9.40. The van der Waals surface area contributed by atoms with Crippen LogP contribution in [0.1, 0.15) is 19.8 Å². The molecule has 0 spiro atoms. The summed E-state index contributed by atoms with van der Waals surface area (Å²) >= 11 is 2.05. The molecular formula is C10H18N2OS. The Morgan fingerprint density at radius 1 is 1.50 bits per heavy atom. The summed E-state index contributed by atoms with van der Waals surface area (Å²) in [5, 5.41) is 6.38. The van der Waals surface area contributed by atoms with E-state index in [1.807, 2.05) is 18.7 Å². The second kappa shape index (κ2) is 4.53. The number of hydrogen-bond acceptors (Lipinski definition) is 3. The van der Waals surface area contributed by atoms with Crippen molar-refractivity contribution in [3.63, 3.8) is 0 Å². The third-order valence-corrected chi connectivity index (χ3v) is 4.36. The fourth-order valence-corrected chi connectivity index (χ4v) is 3.44. The Labute approximate surface area is 89.4 Å². The molecule has 0 radical (unpaired) electrons. The lowest BCUT2D eigenvalue weighted by Gasteiger charge is -2.36. The van der Waals surface area contributed by atoms with E-state index in [1.165, 1.54) is 24.3 Å². The maximum atomic E-state index is 11.2. The van der Waals surface area contributed by atoms with Gasteiger partial charge < -0.3 is 10.6 Å². The topological polar surface area (TPSA) is 41.1 Å². The van der Waals surface area contributed by atoms with Crippen molar-refractivity contribution in [2.24, 2.45) is 5.92 Å². The van der Waals surface area contributed by atoms with Crippen LogP contribution in [-0.4, -0.2) is 36.0 Å². The maximum Gasteiger partial charge on any atom is 0.236 e. The van der Waals surface area contributed by atoms with E-state index in [1.54, 1.807) is 0 Å². The predicted octanol–water partition coefficient (Wildman–Crippen LogP) is 0.606. The summed E-state index contributed by atoms with van der Waals surface area (Å²) in [6.45, 7) is 2.76. The summed E-state index contributed by atoms with van der Waals surface area (Å²) in [7, 11) is 0. The monoisotopic (exact) mass is 214 g/mol. The van der Waals surface area contributed by atoms with Crippen LogP contribution < -0.4 is 10.6 Å². The van der Waals surface area contributed by atoms with Gasteiger partial charge in [0.05, 0.1) is 6.04 Å². The van der Waals surface area contributed by atoms with Gasteiger partial charge in [-0.2, -0.15) is 11.8 Å². The van der Waals surface area contributed by atoms with E-state index >= 15 is 0 Å². The fourth-order valence-electron chi connectivity index (χ4n) is 2.21. The molecule has 2 rings (SSSR count). The summed E-state index contributed by atoms with van der Waals surface area (Å²) in [6.07, 6.45) is 2.64. The number of carbonyl (C=O) groups excluding carboxylic acids is 1. The zero-order valence-electron chi connectivity index (χ0n) is 8.58. The van der Waals surface area contributed by atoms with E-state index in [0.717, 1.165) is 12.5 Å². The molecule has 3 nitrogen and oxygen atoms in total. The van der Waals surface area contributed by atoms with E-state index in [2.05, 4.69) is 10.6 Å². The van der Waals surface area contributed by atoms with Crippen LogP contribution in [0.3, 0.4) is 0 Å². The van der Waals surface area contributed by atoms with Crippen LogP contribution in [0.25, 0.3) is 0 Å².